The maximum Gasteiger partial charge on any atom is 0.118 e. The molecule has 0 aliphatic heterocycles. The number of hydrogen-bond donors (Lipinski definition) is 1. The first-order valence-corrected chi connectivity index (χ1v) is 2.25. The van der Waals surface area contributed by atoms with Crippen molar-refractivity contribution < 1.29 is 0 Å². The number of nitrogens with two attached hydrogens (primary N) is 1. The van der Waals surface area contributed by atoms with Crippen LogP contribution in [0.3, 0.4) is 0 Å². The van der Waals surface area contributed by atoms with Crippen LogP contribution in [0.25, 0.3) is 0 Å². The normalized spacial score (nSPS) is 9.00. The van der Waals surface area contributed by atoms with Gasteiger partial charge in [-0.15, -0.1) is 0 Å². The van der Waals surface area contributed by atoms with Crippen molar-refractivity contribution in [3.8, 4) is 0 Å². The maximum absolute atomic E-state index is 5.35. The van der Waals surface area contributed by atoms with E-state index in [2.05, 4.69) is 4.98 Å². The van der Waals surface area contributed by atoms with Crippen LogP contribution in [0.1, 0.15) is 0 Å². The molecule has 1 rings (SSSR count). The minimum absolute atomic E-state index is 0.535. The Hall–Kier alpha value is -0.985. The fraction of sp³-hybridized carbons (Fsp3) is 0. The van der Waals surface area contributed by atoms with Crippen molar-refractivity contribution in [1.82, 2.24) is 4.98 Å². The van der Waals surface area contributed by atoms with Crippen molar-refractivity contribution in [1.29, 1.82) is 0 Å². The summed E-state index contributed by atoms with van der Waals surface area (Å²) in [4.78, 5) is 3.74. The standard InChI is InChI=1S/C5H5BN2/c6-4-3-8-2-1-5(4)7/h1-3H,(H2,7,8). The average molecular weight is 104 g/mol. The predicted octanol–water partition coefficient (Wildman–Crippen LogP) is -0.542. The molecule has 0 amide bonds. The van der Waals surface area contributed by atoms with Gasteiger partial charge >= 0.3 is 0 Å². The van der Waals surface area contributed by atoms with Crippen molar-refractivity contribution in [3.63, 3.8) is 0 Å². The number of pyridine rings is 1. The topological polar surface area (TPSA) is 38.9 Å². The zero-order valence-corrected chi connectivity index (χ0v) is 4.33. The quantitative estimate of drug-likeness (QED) is 0.449. The van der Waals surface area contributed by atoms with Gasteiger partial charge in [0.25, 0.3) is 0 Å². The molecule has 2 nitrogen and oxygen atoms in total. The van der Waals surface area contributed by atoms with E-state index in [0.717, 1.165) is 0 Å². The molecule has 0 aliphatic carbocycles. The minimum atomic E-state index is 0.535. The zero-order valence-electron chi connectivity index (χ0n) is 4.33. The summed E-state index contributed by atoms with van der Waals surface area (Å²) < 4.78 is 0. The van der Waals surface area contributed by atoms with Gasteiger partial charge in [0.15, 0.2) is 0 Å². The monoisotopic (exact) mass is 104 g/mol. The van der Waals surface area contributed by atoms with Crippen LogP contribution in [0.2, 0.25) is 0 Å². The lowest BCUT2D eigenvalue weighted by Crippen LogP contribution is -2.08. The summed E-state index contributed by atoms with van der Waals surface area (Å²) in [6, 6.07) is 1.66. The lowest BCUT2D eigenvalue weighted by molar-refractivity contribution is 1.35. The second-order valence-electron chi connectivity index (χ2n) is 1.50. The van der Waals surface area contributed by atoms with Gasteiger partial charge in [0.05, 0.1) is 0 Å². The first-order chi connectivity index (χ1) is 3.80. The van der Waals surface area contributed by atoms with E-state index in [-0.39, 0.29) is 0 Å². The van der Waals surface area contributed by atoms with Crippen molar-refractivity contribution in [2.24, 2.45) is 0 Å². The van der Waals surface area contributed by atoms with Gasteiger partial charge in [-0.05, 0) is 6.07 Å². The fourth-order valence-corrected chi connectivity index (χ4v) is 0.417. The molecule has 0 aromatic carbocycles. The third-order valence-corrected chi connectivity index (χ3v) is 0.887. The van der Waals surface area contributed by atoms with Gasteiger partial charge in [-0.1, -0.05) is 5.46 Å². The lowest BCUT2D eigenvalue weighted by Gasteiger charge is -1.93. The van der Waals surface area contributed by atoms with Gasteiger partial charge in [0.2, 0.25) is 0 Å². The Morgan fingerprint density at radius 2 is 2.38 bits per heavy atom. The van der Waals surface area contributed by atoms with Crippen LogP contribution < -0.4 is 11.2 Å². The highest BCUT2D eigenvalue weighted by molar-refractivity contribution is 6.35. The van der Waals surface area contributed by atoms with Crippen molar-refractivity contribution >= 4 is 19.0 Å². The molecule has 0 bridgehead atoms. The molecule has 38 valence electrons. The molecular weight excluding hydrogens is 98.9 g/mol. The number of nitrogen functional groups attached to an aromatic ring is 1. The highest BCUT2D eigenvalue weighted by atomic mass is 14.6. The van der Waals surface area contributed by atoms with E-state index in [1.165, 1.54) is 6.20 Å². The minimum Gasteiger partial charge on any atom is -0.399 e. The predicted molar refractivity (Wildman–Crippen MR) is 34.0 cm³/mol. The molecule has 0 saturated heterocycles. The first kappa shape index (κ1) is 5.16. The Morgan fingerprint density at radius 1 is 1.62 bits per heavy atom. The zero-order chi connectivity index (χ0) is 5.98. The Balaban J connectivity index is 3.13. The van der Waals surface area contributed by atoms with E-state index in [0.29, 0.717) is 11.2 Å². The number of aromatic nitrogens is 1. The van der Waals surface area contributed by atoms with E-state index in [9.17, 15) is 0 Å². The number of anilines is 1. The molecule has 0 atom stereocenters. The summed E-state index contributed by atoms with van der Waals surface area (Å²) in [6.45, 7) is 0. The summed E-state index contributed by atoms with van der Waals surface area (Å²) in [6.07, 6.45) is 3.13. The van der Waals surface area contributed by atoms with Crippen LogP contribution in [-0.4, -0.2) is 12.8 Å². The van der Waals surface area contributed by atoms with Crippen molar-refractivity contribution in [2.45, 2.75) is 0 Å². The van der Waals surface area contributed by atoms with Gasteiger partial charge in [-0.25, -0.2) is 0 Å². The molecule has 8 heavy (non-hydrogen) atoms. The number of rotatable bonds is 0. The lowest BCUT2D eigenvalue weighted by atomic mass is 9.97. The van der Waals surface area contributed by atoms with Crippen LogP contribution in [0.4, 0.5) is 5.69 Å². The van der Waals surface area contributed by atoms with Gasteiger partial charge in [-0.3, -0.25) is 4.98 Å². The molecule has 3 heteroatoms. The fourth-order valence-electron chi connectivity index (χ4n) is 0.417. The largest absolute Gasteiger partial charge is 0.399 e. The molecule has 0 fully saturated rings. The SMILES string of the molecule is [B]c1cnccc1N. The molecule has 1 aromatic heterocycles. The van der Waals surface area contributed by atoms with Crippen LogP contribution in [0.5, 0.6) is 0 Å². The second kappa shape index (κ2) is 1.86. The van der Waals surface area contributed by atoms with E-state index >= 15 is 0 Å². The summed E-state index contributed by atoms with van der Waals surface area (Å²) in [5, 5.41) is 0. The Kier molecular flexibility index (Phi) is 1.20. The third-order valence-electron chi connectivity index (χ3n) is 0.887. The molecule has 0 spiro atoms. The molecule has 0 aliphatic rings. The molecule has 0 saturated carbocycles. The molecule has 0 unspecified atom stereocenters. The Labute approximate surface area is 49.1 Å². The van der Waals surface area contributed by atoms with Crippen molar-refractivity contribution in [2.75, 3.05) is 5.73 Å². The van der Waals surface area contributed by atoms with Crippen LogP contribution >= 0.6 is 0 Å². The molecular formula is C5H5BN2. The third kappa shape index (κ3) is 0.806. The van der Waals surface area contributed by atoms with Gasteiger partial charge in [0, 0.05) is 18.1 Å². The highest BCUT2D eigenvalue weighted by Gasteiger charge is 1.85. The van der Waals surface area contributed by atoms with E-state index < -0.39 is 0 Å². The first-order valence-electron chi connectivity index (χ1n) is 2.25. The summed E-state index contributed by atoms with van der Waals surface area (Å²) in [5.41, 5.74) is 6.47. The summed E-state index contributed by atoms with van der Waals surface area (Å²) >= 11 is 0. The second-order valence-corrected chi connectivity index (χ2v) is 1.50. The Bertz CT molecular complexity index is 167. The van der Waals surface area contributed by atoms with E-state index in [1.807, 2.05) is 0 Å². The molecule has 2 N–H and O–H groups in total. The Morgan fingerprint density at radius 3 is 2.75 bits per heavy atom. The van der Waals surface area contributed by atoms with Crippen LogP contribution in [0, 0.1) is 0 Å². The summed E-state index contributed by atoms with van der Waals surface area (Å²) in [7, 11) is 5.33. The number of nitrogens with zero attached hydrogens (tertiary/aromatic N) is 1. The molecule has 2 radical (unpaired) electrons. The van der Waals surface area contributed by atoms with Gasteiger partial charge < -0.3 is 5.73 Å². The van der Waals surface area contributed by atoms with Crippen LogP contribution in [0.15, 0.2) is 18.5 Å². The smallest absolute Gasteiger partial charge is 0.118 e. The molecule has 1 heterocycles. The maximum atomic E-state index is 5.35. The average Bonchev–Trinajstić information content (AvgIpc) is 1.77. The van der Waals surface area contributed by atoms with E-state index in [1.54, 1.807) is 12.3 Å². The van der Waals surface area contributed by atoms with E-state index in [4.69, 9.17) is 13.6 Å². The van der Waals surface area contributed by atoms with Gasteiger partial charge in [0.1, 0.15) is 7.85 Å². The van der Waals surface area contributed by atoms with Crippen LogP contribution in [-0.2, 0) is 0 Å². The van der Waals surface area contributed by atoms with Gasteiger partial charge in [-0.2, -0.15) is 0 Å². The summed E-state index contributed by atoms with van der Waals surface area (Å²) in [5.74, 6) is 0. The highest BCUT2D eigenvalue weighted by Crippen LogP contribution is 1.88. The van der Waals surface area contributed by atoms with Crippen molar-refractivity contribution in [3.05, 3.63) is 18.5 Å². The number of hydrogen-bond acceptors (Lipinski definition) is 2. The molecule has 1 aromatic rings.